The van der Waals surface area contributed by atoms with Gasteiger partial charge in [-0.15, -0.1) is 0 Å². The number of nitrogens with one attached hydrogen (secondary N) is 1. The van der Waals surface area contributed by atoms with Gasteiger partial charge in [-0.3, -0.25) is 4.79 Å². The first kappa shape index (κ1) is 15.0. The largest absolute Gasteiger partial charge is 0.381 e. The van der Waals surface area contributed by atoms with Gasteiger partial charge in [0.2, 0.25) is 5.78 Å². The molecule has 1 aliphatic rings. The second-order valence-corrected chi connectivity index (χ2v) is 6.33. The van der Waals surface area contributed by atoms with Crippen LogP contribution in [0.3, 0.4) is 0 Å². The Kier molecular flexibility index (Phi) is 4.75. The van der Waals surface area contributed by atoms with Gasteiger partial charge in [0, 0.05) is 26.3 Å². The molecule has 0 atom stereocenters. The lowest BCUT2D eigenvalue weighted by molar-refractivity contribution is 0.100. The Balaban J connectivity index is 2.12. The van der Waals surface area contributed by atoms with E-state index in [1.165, 1.54) is 35.3 Å². The van der Waals surface area contributed by atoms with Crippen LogP contribution in [0.5, 0.6) is 0 Å². The van der Waals surface area contributed by atoms with Gasteiger partial charge in [0.15, 0.2) is 11.0 Å². The van der Waals surface area contributed by atoms with E-state index in [0.29, 0.717) is 16.6 Å². The Morgan fingerprint density at radius 3 is 2.70 bits per heavy atom. The highest BCUT2D eigenvalue weighted by molar-refractivity contribution is 7.17. The number of rotatable bonds is 5. The van der Waals surface area contributed by atoms with Crippen LogP contribution in [0.15, 0.2) is 12.0 Å². The van der Waals surface area contributed by atoms with E-state index in [9.17, 15) is 9.18 Å². The van der Waals surface area contributed by atoms with E-state index in [-0.39, 0.29) is 0 Å². The molecule has 0 spiro atoms. The fourth-order valence-electron chi connectivity index (χ4n) is 2.31. The van der Waals surface area contributed by atoms with E-state index in [0.717, 1.165) is 18.0 Å². The number of thiazole rings is 1. The van der Waals surface area contributed by atoms with Crippen molar-refractivity contribution >= 4 is 22.3 Å². The lowest BCUT2D eigenvalue weighted by Crippen LogP contribution is -2.13. The fraction of sp³-hybridized carbons (Fsp3) is 0.571. The summed E-state index contributed by atoms with van der Waals surface area (Å²) in [6.45, 7) is 1.74. The van der Waals surface area contributed by atoms with E-state index in [1.54, 1.807) is 21.0 Å². The minimum absolute atomic E-state index is 0.376. The average molecular weight is 297 g/mol. The smallest absolute Gasteiger partial charge is 0.234 e. The maximum Gasteiger partial charge on any atom is 0.234 e. The molecule has 0 radical (unpaired) electrons. The summed E-state index contributed by atoms with van der Waals surface area (Å²) in [7, 11) is 3.36. The third kappa shape index (κ3) is 3.56. The Labute approximate surface area is 122 Å². The number of carbonyl (C=O) groups excluding carboxylic acids is 1. The minimum Gasteiger partial charge on any atom is -0.381 e. The van der Waals surface area contributed by atoms with Gasteiger partial charge in [0.05, 0.1) is 5.69 Å². The lowest BCUT2D eigenvalue weighted by atomic mass is 10.2. The Bertz CT molecular complexity index is 518. The van der Waals surface area contributed by atoms with Gasteiger partial charge in [-0.25, -0.2) is 9.37 Å². The molecule has 0 amide bonds. The molecule has 0 aliphatic heterocycles. The minimum atomic E-state index is -0.755. The molecule has 1 aromatic heterocycles. The summed E-state index contributed by atoms with van der Waals surface area (Å²) in [5, 5.41) is 4.06. The molecule has 0 aromatic carbocycles. The molecule has 1 N–H and O–H groups in total. The molecule has 0 saturated heterocycles. The topological polar surface area (TPSA) is 45.2 Å². The number of nitrogens with zero attached hydrogens (tertiary/aromatic N) is 2. The first-order chi connectivity index (χ1) is 9.47. The number of halogens is 1. The van der Waals surface area contributed by atoms with Crippen molar-refractivity contribution in [3.63, 3.8) is 0 Å². The van der Waals surface area contributed by atoms with Gasteiger partial charge < -0.3 is 10.2 Å². The van der Waals surface area contributed by atoms with Crippen LogP contribution in [0.1, 0.15) is 41.0 Å². The van der Waals surface area contributed by atoms with Crippen molar-refractivity contribution in [1.82, 2.24) is 9.88 Å². The number of hydrogen-bond acceptors (Lipinski definition) is 5. The number of allylic oxidation sites excluding steroid dienone is 1. The number of hydrogen-bond donors (Lipinski definition) is 1. The number of anilines is 1. The Morgan fingerprint density at radius 1 is 1.45 bits per heavy atom. The summed E-state index contributed by atoms with van der Waals surface area (Å²) in [5.74, 6) is -1.35. The molecule has 0 bridgehead atoms. The average Bonchev–Trinajstić information content (AvgIpc) is 2.98. The molecular weight excluding hydrogens is 277 g/mol. The number of carbonyl (C=O) groups is 1. The third-order valence-electron chi connectivity index (χ3n) is 3.27. The quantitative estimate of drug-likeness (QED) is 0.668. The zero-order valence-corrected chi connectivity index (χ0v) is 12.9. The highest BCUT2D eigenvalue weighted by atomic mass is 32.1. The zero-order valence-electron chi connectivity index (χ0n) is 12.1. The van der Waals surface area contributed by atoms with Crippen LogP contribution in [0.4, 0.5) is 9.52 Å². The maximum absolute atomic E-state index is 13.8. The molecule has 1 heterocycles. The van der Waals surface area contributed by atoms with Crippen molar-refractivity contribution in [2.24, 2.45) is 0 Å². The van der Waals surface area contributed by atoms with Crippen molar-refractivity contribution in [3.8, 4) is 0 Å². The van der Waals surface area contributed by atoms with Crippen molar-refractivity contribution in [2.45, 2.75) is 38.6 Å². The van der Waals surface area contributed by atoms with Gasteiger partial charge in [0.25, 0.3) is 0 Å². The van der Waals surface area contributed by atoms with Crippen LogP contribution in [0, 0.1) is 6.92 Å². The van der Waals surface area contributed by atoms with Gasteiger partial charge in [-0.2, -0.15) is 0 Å². The van der Waals surface area contributed by atoms with Gasteiger partial charge >= 0.3 is 0 Å². The van der Waals surface area contributed by atoms with Gasteiger partial charge in [-0.1, -0.05) is 24.2 Å². The third-order valence-corrected chi connectivity index (χ3v) is 4.36. The number of Topliss-reactive ketones (excluding diaryl/α,β-unsaturated/α-hetero) is 1. The van der Waals surface area contributed by atoms with Crippen LogP contribution in [-0.2, 0) is 0 Å². The summed E-state index contributed by atoms with van der Waals surface area (Å²) < 4.78 is 13.8. The fourth-order valence-corrected chi connectivity index (χ4v) is 3.29. The van der Waals surface area contributed by atoms with Crippen LogP contribution in [0.25, 0.3) is 0 Å². The summed E-state index contributed by atoms with van der Waals surface area (Å²) in [5.41, 5.74) is 0.586. The number of aryl methyl sites for hydroxylation is 1. The zero-order chi connectivity index (χ0) is 14.7. The Morgan fingerprint density at radius 2 is 2.10 bits per heavy atom. The van der Waals surface area contributed by atoms with E-state index in [2.05, 4.69) is 10.3 Å². The predicted octanol–water partition coefficient (Wildman–Crippen LogP) is 3.36. The first-order valence-electron chi connectivity index (χ1n) is 6.80. The molecule has 4 nitrogen and oxygen atoms in total. The van der Waals surface area contributed by atoms with Gasteiger partial charge in [-0.05, 0) is 19.8 Å². The van der Waals surface area contributed by atoms with Crippen molar-refractivity contribution in [3.05, 3.63) is 22.6 Å². The molecule has 110 valence electrons. The molecule has 2 rings (SSSR count). The van der Waals surface area contributed by atoms with E-state index >= 15 is 0 Å². The van der Waals surface area contributed by atoms with Crippen molar-refractivity contribution in [1.29, 1.82) is 0 Å². The SMILES string of the molecule is Cc1nc(NC2CCCC2)sc1C(=O)/C(F)=C/N(C)C. The van der Waals surface area contributed by atoms with E-state index in [4.69, 9.17) is 0 Å². The normalized spacial score (nSPS) is 16.5. The summed E-state index contributed by atoms with van der Waals surface area (Å²) in [6.07, 6.45) is 5.92. The number of aromatic nitrogens is 1. The summed E-state index contributed by atoms with van der Waals surface area (Å²) in [4.78, 5) is 18.3. The highest BCUT2D eigenvalue weighted by Gasteiger charge is 2.22. The molecule has 1 aromatic rings. The lowest BCUT2D eigenvalue weighted by Gasteiger charge is -2.09. The van der Waals surface area contributed by atoms with Crippen LogP contribution >= 0.6 is 11.3 Å². The standard InChI is InChI=1S/C14H20FN3OS/c1-9-13(12(19)11(15)8-18(2)3)20-14(16-9)17-10-6-4-5-7-10/h8,10H,4-7H2,1-3H3,(H,16,17)/b11-8-. The van der Waals surface area contributed by atoms with Crippen molar-refractivity contribution in [2.75, 3.05) is 19.4 Å². The molecule has 6 heteroatoms. The predicted molar refractivity (Wildman–Crippen MR) is 79.9 cm³/mol. The second-order valence-electron chi connectivity index (χ2n) is 5.33. The van der Waals surface area contributed by atoms with Gasteiger partial charge in [0.1, 0.15) is 4.88 Å². The van der Waals surface area contributed by atoms with Crippen molar-refractivity contribution < 1.29 is 9.18 Å². The maximum atomic E-state index is 13.8. The molecular formula is C14H20FN3OS. The summed E-state index contributed by atoms with van der Waals surface area (Å²) in [6, 6.07) is 0.436. The molecule has 1 fully saturated rings. The summed E-state index contributed by atoms with van der Waals surface area (Å²) >= 11 is 1.24. The first-order valence-corrected chi connectivity index (χ1v) is 7.61. The van der Waals surface area contributed by atoms with Crippen LogP contribution in [-0.4, -0.2) is 35.8 Å². The molecule has 0 unspecified atom stereocenters. The Hall–Kier alpha value is -1.43. The number of ketones is 1. The second kappa shape index (κ2) is 6.35. The van der Waals surface area contributed by atoms with Crippen LogP contribution in [0.2, 0.25) is 0 Å². The monoisotopic (exact) mass is 297 g/mol. The van der Waals surface area contributed by atoms with Crippen LogP contribution < -0.4 is 5.32 Å². The molecule has 1 saturated carbocycles. The van der Waals surface area contributed by atoms with E-state index in [1.807, 2.05) is 0 Å². The van der Waals surface area contributed by atoms with E-state index < -0.39 is 11.6 Å². The molecule has 20 heavy (non-hydrogen) atoms. The molecule has 1 aliphatic carbocycles. The highest BCUT2D eigenvalue weighted by Crippen LogP contribution is 2.29.